The van der Waals surface area contributed by atoms with E-state index < -0.39 is 0 Å². The number of rotatable bonds is 3. The summed E-state index contributed by atoms with van der Waals surface area (Å²) in [7, 11) is 1.37. The maximum Gasteiger partial charge on any atom is 0.348 e. The minimum Gasteiger partial charge on any atom is -0.465 e. The second-order valence-electron chi connectivity index (χ2n) is 4.57. The van der Waals surface area contributed by atoms with Gasteiger partial charge in [-0.1, -0.05) is 17.7 Å². The van der Waals surface area contributed by atoms with E-state index in [0.29, 0.717) is 10.6 Å². The van der Waals surface area contributed by atoms with Gasteiger partial charge in [0.25, 0.3) is 0 Å². The van der Waals surface area contributed by atoms with Crippen molar-refractivity contribution < 1.29 is 14.3 Å². The number of aryl methyl sites for hydroxylation is 1. The summed E-state index contributed by atoms with van der Waals surface area (Å²) in [6, 6.07) is 9.55. The van der Waals surface area contributed by atoms with Crippen molar-refractivity contribution >= 4 is 27.4 Å². The molecule has 21 heavy (non-hydrogen) atoms. The Labute approximate surface area is 126 Å². The molecule has 0 aliphatic carbocycles. The van der Waals surface area contributed by atoms with Crippen molar-refractivity contribution in [2.45, 2.75) is 6.92 Å². The Morgan fingerprint density at radius 2 is 1.95 bits per heavy atom. The molecule has 0 spiro atoms. The number of methoxy groups -OCH3 is 1. The number of fused-ring (bicyclic) bond motifs is 1. The van der Waals surface area contributed by atoms with Crippen LogP contribution in [0, 0.1) is 6.92 Å². The summed E-state index contributed by atoms with van der Waals surface area (Å²) < 4.78 is 11.5. The molecule has 2 heterocycles. The van der Waals surface area contributed by atoms with Crippen LogP contribution in [-0.2, 0) is 4.74 Å². The molecule has 4 nitrogen and oxygen atoms in total. The van der Waals surface area contributed by atoms with E-state index in [4.69, 9.17) is 9.47 Å². The van der Waals surface area contributed by atoms with E-state index in [9.17, 15) is 4.79 Å². The first-order valence-corrected chi connectivity index (χ1v) is 7.19. The smallest absolute Gasteiger partial charge is 0.348 e. The largest absolute Gasteiger partial charge is 0.465 e. The Hall–Kier alpha value is -2.40. The second-order valence-corrected chi connectivity index (χ2v) is 5.65. The molecule has 0 aliphatic rings. The molecule has 0 amide bonds. The van der Waals surface area contributed by atoms with Gasteiger partial charge in [-0.05, 0) is 25.1 Å². The Morgan fingerprint density at radius 3 is 2.67 bits per heavy atom. The van der Waals surface area contributed by atoms with Crippen LogP contribution in [0.2, 0.25) is 0 Å². The number of benzene rings is 1. The van der Waals surface area contributed by atoms with Crippen LogP contribution in [0.1, 0.15) is 15.2 Å². The molecular weight excluding hydrogens is 286 g/mol. The van der Waals surface area contributed by atoms with Gasteiger partial charge in [0.2, 0.25) is 0 Å². The molecule has 106 valence electrons. The highest BCUT2D eigenvalue weighted by atomic mass is 32.1. The quantitative estimate of drug-likeness (QED) is 0.681. The van der Waals surface area contributed by atoms with E-state index in [2.05, 4.69) is 4.98 Å². The number of hydrogen-bond acceptors (Lipinski definition) is 5. The van der Waals surface area contributed by atoms with Crippen molar-refractivity contribution in [1.82, 2.24) is 4.98 Å². The van der Waals surface area contributed by atoms with Crippen molar-refractivity contribution in [3.63, 3.8) is 0 Å². The van der Waals surface area contributed by atoms with Crippen LogP contribution in [0.15, 0.2) is 42.7 Å². The van der Waals surface area contributed by atoms with Crippen molar-refractivity contribution in [2.75, 3.05) is 7.11 Å². The van der Waals surface area contributed by atoms with E-state index in [1.54, 1.807) is 18.5 Å². The van der Waals surface area contributed by atoms with Crippen molar-refractivity contribution in [3.05, 3.63) is 53.2 Å². The lowest BCUT2D eigenvalue weighted by Gasteiger charge is -2.06. The number of aromatic nitrogens is 1. The SMILES string of the molecule is COC(=O)c1cc2c(Oc3ccc(C)cc3)cncc2s1. The van der Waals surface area contributed by atoms with Gasteiger partial charge < -0.3 is 9.47 Å². The highest BCUT2D eigenvalue weighted by molar-refractivity contribution is 7.20. The first kappa shape index (κ1) is 13.6. The molecule has 0 fully saturated rings. The molecule has 0 aliphatic heterocycles. The fraction of sp³-hybridized carbons (Fsp3) is 0.125. The number of esters is 1. The Balaban J connectivity index is 2.00. The maximum absolute atomic E-state index is 11.6. The molecule has 0 radical (unpaired) electrons. The fourth-order valence-electron chi connectivity index (χ4n) is 1.95. The van der Waals surface area contributed by atoms with Crippen LogP contribution >= 0.6 is 11.3 Å². The fourth-order valence-corrected chi connectivity index (χ4v) is 2.91. The van der Waals surface area contributed by atoms with Crippen LogP contribution < -0.4 is 4.74 Å². The standard InChI is InChI=1S/C16H13NO3S/c1-10-3-5-11(6-4-10)20-13-8-17-9-15-12(13)7-14(21-15)16(18)19-2/h3-9H,1-2H3. The average molecular weight is 299 g/mol. The molecule has 0 atom stereocenters. The minimum atomic E-state index is -0.350. The minimum absolute atomic E-state index is 0.350. The van der Waals surface area contributed by atoms with Gasteiger partial charge in [-0.15, -0.1) is 11.3 Å². The van der Waals surface area contributed by atoms with E-state index in [0.717, 1.165) is 15.8 Å². The number of pyridine rings is 1. The summed E-state index contributed by atoms with van der Waals surface area (Å²) in [6.45, 7) is 2.02. The number of thiophene rings is 1. The summed E-state index contributed by atoms with van der Waals surface area (Å²) in [6.07, 6.45) is 3.37. The van der Waals surface area contributed by atoms with E-state index >= 15 is 0 Å². The molecule has 3 aromatic rings. The Bertz CT molecular complexity index is 793. The third-order valence-corrected chi connectivity index (χ3v) is 4.09. The van der Waals surface area contributed by atoms with Gasteiger partial charge in [-0.2, -0.15) is 0 Å². The Morgan fingerprint density at radius 1 is 1.19 bits per heavy atom. The zero-order valence-corrected chi connectivity index (χ0v) is 12.4. The van der Waals surface area contributed by atoms with Crippen LogP contribution in [0.25, 0.3) is 10.1 Å². The molecule has 3 rings (SSSR count). The Kier molecular flexibility index (Phi) is 3.58. The second kappa shape index (κ2) is 5.54. The molecule has 0 saturated heterocycles. The highest BCUT2D eigenvalue weighted by Gasteiger charge is 2.14. The zero-order chi connectivity index (χ0) is 14.8. The molecule has 0 N–H and O–H groups in total. The third-order valence-electron chi connectivity index (χ3n) is 3.05. The van der Waals surface area contributed by atoms with Gasteiger partial charge in [-0.3, -0.25) is 4.98 Å². The van der Waals surface area contributed by atoms with Gasteiger partial charge in [0.1, 0.15) is 10.6 Å². The first-order chi connectivity index (χ1) is 10.2. The highest BCUT2D eigenvalue weighted by Crippen LogP contribution is 2.34. The molecular formula is C16H13NO3S. The average Bonchev–Trinajstić information content (AvgIpc) is 2.94. The lowest BCUT2D eigenvalue weighted by molar-refractivity contribution is 0.0606. The lowest BCUT2D eigenvalue weighted by atomic mass is 10.2. The number of ether oxygens (including phenoxy) is 2. The normalized spacial score (nSPS) is 10.6. The van der Waals surface area contributed by atoms with Crippen LogP contribution in [0.5, 0.6) is 11.5 Å². The topological polar surface area (TPSA) is 48.4 Å². The number of nitrogens with zero attached hydrogens (tertiary/aromatic N) is 1. The van der Waals surface area contributed by atoms with Crippen molar-refractivity contribution in [3.8, 4) is 11.5 Å². The van der Waals surface area contributed by atoms with Crippen LogP contribution in [0.4, 0.5) is 0 Å². The third kappa shape index (κ3) is 2.73. The van der Waals surface area contributed by atoms with Gasteiger partial charge >= 0.3 is 5.97 Å². The monoisotopic (exact) mass is 299 g/mol. The molecule has 1 aromatic carbocycles. The van der Waals surface area contributed by atoms with Crippen molar-refractivity contribution in [1.29, 1.82) is 0 Å². The summed E-state index contributed by atoms with van der Waals surface area (Å²) in [5.41, 5.74) is 1.17. The summed E-state index contributed by atoms with van der Waals surface area (Å²) in [5.74, 6) is 1.01. The van der Waals surface area contributed by atoms with Crippen molar-refractivity contribution in [2.24, 2.45) is 0 Å². The maximum atomic E-state index is 11.6. The van der Waals surface area contributed by atoms with Gasteiger partial charge in [0, 0.05) is 11.6 Å². The number of hydrogen-bond donors (Lipinski definition) is 0. The zero-order valence-electron chi connectivity index (χ0n) is 11.6. The summed E-state index contributed by atoms with van der Waals surface area (Å²) in [4.78, 5) is 16.3. The molecule has 2 aromatic heterocycles. The molecule has 0 bridgehead atoms. The van der Waals surface area contributed by atoms with E-state index in [-0.39, 0.29) is 5.97 Å². The molecule has 0 unspecified atom stereocenters. The summed E-state index contributed by atoms with van der Waals surface area (Å²) >= 11 is 1.34. The van der Waals surface area contributed by atoms with Gasteiger partial charge in [-0.25, -0.2) is 4.79 Å². The molecule has 5 heteroatoms. The van der Waals surface area contributed by atoms with E-state index in [1.807, 2.05) is 31.2 Å². The predicted molar refractivity (Wildman–Crippen MR) is 82.2 cm³/mol. The summed E-state index contributed by atoms with van der Waals surface area (Å²) in [5, 5.41) is 0.857. The van der Waals surface area contributed by atoms with Gasteiger partial charge in [0.05, 0.1) is 18.0 Å². The first-order valence-electron chi connectivity index (χ1n) is 6.38. The van der Waals surface area contributed by atoms with Crippen LogP contribution in [0.3, 0.4) is 0 Å². The molecule has 0 saturated carbocycles. The lowest BCUT2D eigenvalue weighted by Crippen LogP contribution is -1.96. The number of carbonyl (C=O) groups excluding carboxylic acids is 1. The number of carbonyl (C=O) groups is 1. The van der Waals surface area contributed by atoms with E-state index in [1.165, 1.54) is 24.0 Å². The van der Waals surface area contributed by atoms with Gasteiger partial charge in [0.15, 0.2) is 5.75 Å². The predicted octanol–water partition coefficient (Wildman–Crippen LogP) is 4.18. The van der Waals surface area contributed by atoms with Crippen LogP contribution in [-0.4, -0.2) is 18.1 Å².